The Labute approximate surface area is 136 Å². The average Bonchev–Trinajstić information content (AvgIpc) is 2.51. The van der Waals surface area contributed by atoms with Gasteiger partial charge in [0.25, 0.3) is 0 Å². The van der Waals surface area contributed by atoms with Gasteiger partial charge in [0, 0.05) is 10.6 Å². The van der Waals surface area contributed by atoms with E-state index in [4.69, 9.17) is 4.74 Å². The minimum atomic E-state index is -0.158. The van der Waals surface area contributed by atoms with Crippen molar-refractivity contribution < 1.29 is 9.53 Å². The van der Waals surface area contributed by atoms with Crippen LogP contribution in [0.15, 0.2) is 53.4 Å². The number of ether oxygens (including phenoxy) is 1. The second-order valence-corrected chi connectivity index (χ2v) is 6.43. The van der Waals surface area contributed by atoms with E-state index in [1.807, 2.05) is 50.2 Å². The van der Waals surface area contributed by atoms with Gasteiger partial charge in [-0.25, -0.2) is 0 Å². The first-order valence-electron chi connectivity index (χ1n) is 7.35. The maximum atomic E-state index is 12.2. The zero-order chi connectivity index (χ0) is 15.9. The fraction of sp³-hybridized carbons (Fsp3) is 0.278. The molecule has 0 aliphatic heterocycles. The van der Waals surface area contributed by atoms with Gasteiger partial charge in [0.2, 0.25) is 5.91 Å². The minimum absolute atomic E-state index is 0.00488. The molecule has 2 rings (SSSR count). The Morgan fingerprint density at radius 1 is 1.14 bits per heavy atom. The standard InChI is InChI=1S/C18H21NO2S/c1-4-21-16-9-7-15(8-10-16)19-18(20)14(3)22-17-11-5-13(2)6-12-17/h5-12,14H,4H2,1-3H3,(H,19,20)/t14-/m1/s1. The van der Waals surface area contributed by atoms with Crippen LogP contribution in [-0.4, -0.2) is 17.8 Å². The number of rotatable bonds is 6. The molecule has 1 N–H and O–H groups in total. The van der Waals surface area contributed by atoms with Gasteiger partial charge in [-0.15, -0.1) is 11.8 Å². The zero-order valence-electron chi connectivity index (χ0n) is 13.1. The van der Waals surface area contributed by atoms with E-state index >= 15 is 0 Å². The van der Waals surface area contributed by atoms with Crippen molar-refractivity contribution in [1.29, 1.82) is 0 Å². The molecule has 0 heterocycles. The largest absolute Gasteiger partial charge is 0.494 e. The highest BCUT2D eigenvalue weighted by atomic mass is 32.2. The van der Waals surface area contributed by atoms with Crippen LogP contribution in [0.1, 0.15) is 19.4 Å². The van der Waals surface area contributed by atoms with Crippen LogP contribution >= 0.6 is 11.8 Å². The molecule has 0 saturated carbocycles. The van der Waals surface area contributed by atoms with Crippen LogP contribution in [0.5, 0.6) is 5.75 Å². The molecule has 0 saturated heterocycles. The van der Waals surface area contributed by atoms with E-state index in [2.05, 4.69) is 24.4 Å². The van der Waals surface area contributed by atoms with Gasteiger partial charge in [-0.2, -0.15) is 0 Å². The summed E-state index contributed by atoms with van der Waals surface area (Å²) in [6.45, 7) is 6.54. The molecular weight excluding hydrogens is 294 g/mol. The molecule has 0 unspecified atom stereocenters. The maximum Gasteiger partial charge on any atom is 0.237 e. The summed E-state index contributed by atoms with van der Waals surface area (Å²) in [7, 11) is 0. The van der Waals surface area contributed by atoms with Crippen LogP contribution in [0.3, 0.4) is 0 Å². The summed E-state index contributed by atoms with van der Waals surface area (Å²) in [5, 5.41) is 2.77. The predicted octanol–water partition coefficient (Wildman–Crippen LogP) is 4.51. The number of benzene rings is 2. The average molecular weight is 315 g/mol. The summed E-state index contributed by atoms with van der Waals surface area (Å²) in [6.07, 6.45) is 0. The third kappa shape index (κ3) is 4.81. The third-order valence-electron chi connectivity index (χ3n) is 3.14. The number of aryl methyl sites for hydroxylation is 1. The number of hydrogen-bond acceptors (Lipinski definition) is 3. The van der Waals surface area contributed by atoms with Crippen LogP contribution in [0, 0.1) is 6.92 Å². The van der Waals surface area contributed by atoms with Gasteiger partial charge in [0.15, 0.2) is 0 Å². The summed E-state index contributed by atoms with van der Waals surface area (Å²) in [4.78, 5) is 13.3. The molecule has 22 heavy (non-hydrogen) atoms. The monoisotopic (exact) mass is 315 g/mol. The Morgan fingerprint density at radius 3 is 2.36 bits per heavy atom. The van der Waals surface area contributed by atoms with E-state index in [1.165, 1.54) is 5.56 Å². The molecule has 1 amide bonds. The van der Waals surface area contributed by atoms with Crippen molar-refractivity contribution in [2.75, 3.05) is 11.9 Å². The highest BCUT2D eigenvalue weighted by molar-refractivity contribution is 8.00. The van der Waals surface area contributed by atoms with Gasteiger partial charge in [0.1, 0.15) is 5.75 Å². The van der Waals surface area contributed by atoms with Crippen LogP contribution in [0.2, 0.25) is 0 Å². The fourth-order valence-electron chi connectivity index (χ4n) is 1.92. The number of anilines is 1. The van der Waals surface area contributed by atoms with E-state index in [-0.39, 0.29) is 11.2 Å². The van der Waals surface area contributed by atoms with Gasteiger partial charge < -0.3 is 10.1 Å². The van der Waals surface area contributed by atoms with Crippen molar-refractivity contribution in [1.82, 2.24) is 0 Å². The van der Waals surface area contributed by atoms with E-state index < -0.39 is 0 Å². The number of carbonyl (C=O) groups is 1. The van der Waals surface area contributed by atoms with E-state index in [1.54, 1.807) is 11.8 Å². The first-order chi connectivity index (χ1) is 10.6. The van der Waals surface area contributed by atoms with Gasteiger partial charge in [-0.05, 0) is 57.2 Å². The lowest BCUT2D eigenvalue weighted by atomic mass is 10.2. The molecule has 0 aliphatic carbocycles. The number of nitrogens with one attached hydrogen (secondary N) is 1. The van der Waals surface area contributed by atoms with Crippen molar-refractivity contribution in [3.8, 4) is 5.75 Å². The predicted molar refractivity (Wildman–Crippen MR) is 92.7 cm³/mol. The van der Waals surface area contributed by atoms with Crippen molar-refractivity contribution in [3.63, 3.8) is 0 Å². The van der Waals surface area contributed by atoms with Crippen molar-refractivity contribution in [2.24, 2.45) is 0 Å². The Balaban J connectivity index is 1.91. The van der Waals surface area contributed by atoms with Crippen molar-refractivity contribution in [2.45, 2.75) is 30.9 Å². The molecule has 0 radical (unpaired) electrons. The van der Waals surface area contributed by atoms with Crippen LogP contribution < -0.4 is 10.1 Å². The van der Waals surface area contributed by atoms with Gasteiger partial charge in [0.05, 0.1) is 11.9 Å². The molecule has 0 aliphatic rings. The summed E-state index contributed by atoms with van der Waals surface area (Å²) in [5.74, 6) is 0.803. The smallest absolute Gasteiger partial charge is 0.237 e. The first kappa shape index (κ1) is 16.4. The molecule has 3 nitrogen and oxygen atoms in total. The first-order valence-corrected chi connectivity index (χ1v) is 8.23. The highest BCUT2D eigenvalue weighted by Gasteiger charge is 2.14. The fourth-order valence-corrected chi connectivity index (χ4v) is 2.79. The molecule has 4 heteroatoms. The second-order valence-electron chi connectivity index (χ2n) is 5.02. The molecule has 1 atom stereocenters. The number of carbonyl (C=O) groups excluding carboxylic acids is 1. The lowest BCUT2D eigenvalue weighted by molar-refractivity contribution is -0.115. The molecule has 0 spiro atoms. The van der Waals surface area contributed by atoms with E-state index in [0.29, 0.717) is 6.61 Å². The van der Waals surface area contributed by atoms with Gasteiger partial charge in [-0.1, -0.05) is 17.7 Å². The topological polar surface area (TPSA) is 38.3 Å². The minimum Gasteiger partial charge on any atom is -0.494 e. The summed E-state index contributed by atoms with van der Waals surface area (Å²) >= 11 is 1.55. The van der Waals surface area contributed by atoms with Crippen molar-refractivity contribution in [3.05, 3.63) is 54.1 Å². The van der Waals surface area contributed by atoms with Gasteiger partial charge >= 0.3 is 0 Å². The van der Waals surface area contributed by atoms with Crippen LogP contribution in [0.4, 0.5) is 5.69 Å². The molecule has 0 fully saturated rings. The maximum absolute atomic E-state index is 12.2. The lowest BCUT2D eigenvalue weighted by Gasteiger charge is -2.12. The van der Waals surface area contributed by atoms with Crippen molar-refractivity contribution >= 4 is 23.4 Å². The lowest BCUT2D eigenvalue weighted by Crippen LogP contribution is -2.22. The summed E-state index contributed by atoms with van der Waals surface area (Å²) < 4.78 is 5.39. The molecular formula is C18H21NO2S. The second kappa shape index (κ2) is 7.90. The Bertz CT molecular complexity index is 608. The summed E-state index contributed by atoms with van der Waals surface area (Å²) in [5.41, 5.74) is 2.00. The zero-order valence-corrected chi connectivity index (χ0v) is 13.9. The highest BCUT2D eigenvalue weighted by Crippen LogP contribution is 2.24. The number of thioether (sulfide) groups is 1. The molecule has 2 aromatic carbocycles. The van der Waals surface area contributed by atoms with E-state index in [9.17, 15) is 4.79 Å². The van der Waals surface area contributed by atoms with Crippen LogP contribution in [0.25, 0.3) is 0 Å². The number of hydrogen-bond donors (Lipinski definition) is 1. The Morgan fingerprint density at radius 2 is 1.77 bits per heavy atom. The normalized spacial score (nSPS) is 11.8. The molecule has 0 bridgehead atoms. The molecule has 0 aromatic heterocycles. The van der Waals surface area contributed by atoms with E-state index in [0.717, 1.165) is 16.3 Å². The Hall–Kier alpha value is -1.94. The quantitative estimate of drug-likeness (QED) is 0.797. The third-order valence-corrected chi connectivity index (χ3v) is 4.25. The van der Waals surface area contributed by atoms with Crippen LogP contribution in [-0.2, 0) is 4.79 Å². The Kier molecular flexibility index (Phi) is 5.90. The SMILES string of the molecule is CCOc1ccc(NC(=O)[C@@H](C)Sc2ccc(C)cc2)cc1. The molecule has 2 aromatic rings. The van der Waals surface area contributed by atoms with Gasteiger partial charge in [-0.3, -0.25) is 4.79 Å². The number of amides is 1. The summed E-state index contributed by atoms with van der Waals surface area (Å²) in [6, 6.07) is 15.6. The molecule has 116 valence electrons.